The zero-order valence-corrected chi connectivity index (χ0v) is 13.5. The summed E-state index contributed by atoms with van der Waals surface area (Å²) >= 11 is 5.84. The van der Waals surface area contributed by atoms with E-state index in [1.54, 1.807) is 4.90 Å². The van der Waals surface area contributed by atoms with Crippen molar-refractivity contribution in [1.82, 2.24) is 4.90 Å². The lowest BCUT2D eigenvalue weighted by Crippen LogP contribution is -2.44. The molecular formula is C14H19ClN2O3S. The van der Waals surface area contributed by atoms with E-state index < -0.39 is 15.1 Å². The molecule has 1 aliphatic heterocycles. The van der Waals surface area contributed by atoms with E-state index >= 15 is 0 Å². The highest BCUT2D eigenvalue weighted by atomic mass is 35.5. The summed E-state index contributed by atoms with van der Waals surface area (Å²) in [5, 5.41) is -0.878. The summed E-state index contributed by atoms with van der Waals surface area (Å²) in [7, 11) is -3.84. The quantitative estimate of drug-likeness (QED) is 0.860. The van der Waals surface area contributed by atoms with Crippen molar-refractivity contribution < 1.29 is 13.2 Å². The standard InChI is InChI=1S/C14H19ClN2O3S/c1-10(14(18)17-7-3-2-4-8-17)21(19,20)13-9-11(15)5-6-12(13)16/h5-6,9-10H,2-4,7-8,16H2,1H3. The molecule has 1 fully saturated rings. The van der Waals surface area contributed by atoms with Gasteiger partial charge in [0.05, 0.1) is 10.6 Å². The van der Waals surface area contributed by atoms with Crippen LogP contribution in [0.4, 0.5) is 5.69 Å². The maximum atomic E-state index is 12.6. The number of sulfone groups is 1. The fourth-order valence-electron chi connectivity index (χ4n) is 2.45. The van der Waals surface area contributed by atoms with Gasteiger partial charge < -0.3 is 10.6 Å². The van der Waals surface area contributed by atoms with Gasteiger partial charge in [0.25, 0.3) is 0 Å². The molecule has 0 radical (unpaired) electrons. The number of piperidine rings is 1. The second-order valence-corrected chi connectivity index (χ2v) is 7.93. The molecule has 1 aromatic carbocycles. The van der Waals surface area contributed by atoms with Crippen LogP contribution in [0.3, 0.4) is 0 Å². The summed E-state index contributed by atoms with van der Waals surface area (Å²) < 4.78 is 25.2. The van der Waals surface area contributed by atoms with Gasteiger partial charge in [-0.25, -0.2) is 8.42 Å². The first-order valence-electron chi connectivity index (χ1n) is 6.92. The number of carbonyl (C=O) groups is 1. The largest absolute Gasteiger partial charge is 0.398 e. The Hall–Kier alpha value is -1.27. The summed E-state index contributed by atoms with van der Waals surface area (Å²) in [6, 6.07) is 4.26. The Bertz CT molecular complexity index is 640. The normalized spacial score (nSPS) is 17.5. The number of hydrogen-bond acceptors (Lipinski definition) is 4. The third-order valence-corrected chi connectivity index (χ3v) is 6.10. The fourth-order valence-corrected chi connectivity index (χ4v) is 4.17. The van der Waals surface area contributed by atoms with E-state index in [-0.39, 0.29) is 21.5 Å². The van der Waals surface area contributed by atoms with Gasteiger partial charge in [0.2, 0.25) is 5.91 Å². The Labute approximate surface area is 130 Å². The van der Waals surface area contributed by atoms with Crippen LogP contribution >= 0.6 is 11.6 Å². The van der Waals surface area contributed by atoms with Gasteiger partial charge in [-0.05, 0) is 44.4 Å². The Kier molecular flexibility index (Phi) is 4.78. The topological polar surface area (TPSA) is 80.5 Å². The van der Waals surface area contributed by atoms with Crippen molar-refractivity contribution in [2.45, 2.75) is 36.3 Å². The van der Waals surface area contributed by atoms with E-state index in [1.165, 1.54) is 25.1 Å². The third-order valence-electron chi connectivity index (χ3n) is 3.76. The number of hydrogen-bond donors (Lipinski definition) is 1. The van der Waals surface area contributed by atoms with E-state index in [4.69, 9.17) is 17.3 Å². The lowest BCUT2D eigenvalue weighted by atomic mass is 10.1. The molecule has 1 aromatic rings. The highest BCUT2D eigenvalue weighted by Crippen LogP contribution is 2.27. The predicted molar refractivity (Wildman–Crippen MR) is 82.9 cm³/mol. The number of halogens is 1. The molecule has 0 aliphatic carbocycles. The summed E-state index contributed by atoms with van der Waals surface area (Å²) in [6.45, 7) is 2.64. The van der Waals surface area contributed by atoms with Crippen molar-refractivity contribution in [3.8, 4) is 0 Å². The van der Waals surface area contributed by atoms with Gasteiger partial charge in [-0.1, -0.05) is 11.6 Å². The van der Waals surface area contributed by atoms with Crippen molar-refractivity contribution in [1.29, 1.82) is 0 Å². The van der Waals surface area contributed by atoms with Crippen molar-refractivity contribution in [2.75, 3.05) is 18.8 Å². The van der Waals surface area contributed by atoms with E-state index in [9.17, 15) is 13.2 Å². The van der Waals surface area contributed by atoms with Crippen molar-refractivity contribution in [2.24, 2.45) is 0 Å². The minimum Gasteiger partial charge on any atom is -0.398 e. The molecule has 21 heavy (non-hydrogen) atoms. The molecule has 116 valence electrons. The van der Waals surface area contributed by atoms with Crippen LogP contribution in [0.1, 0.15) is 26.2 Å². The first-order valence-corrected chi connectivity index (χ1v) is 8.84. The van der Waals surface area contributed by atoms with Crippen LogP contribution in [0.5, 0.6) is 0 Å². The Morgan fingerprint density at radius 1 is 1.29 bits per heavy atom. The molecule has 0 bridgehead atoms. The molecule has 1 saturated heterocycles. The highest BCUT2D eigenvalue weighted by molar-refractivity contribution is 7.93. The number of likely N-dealkylation sites (tertiary alicyclic amines) is 1. The summed E-state index contributed by atoms with van der Waals surface area (Å²) in [5.74, 6) is -0.367. The molecular weight excluding hydrogens is 312 g/mol. The first-order chi connectivity index (χ1) is 9.84. The summed E-state index contributed by atoms with van der Waals surface area (Å²) in [6.07, 6.45) is 2.90. The average Bonchev–Trinajstić information content (AvgIpc) is 2.49. The van der Waals surface area contributed by atoms with Crippen molar-refractivity contribution in [3.63, 3.8) is 0 Å². The molecule has 0 saturated carbocycles. The minimum atomic E-state index is -3.84. The number of nitrogen functional groups attached to an aromatic ring is 1. The number of carbonyl (C=O) groups excluding carboxylic acids is 1. The SMILES string of the molecule is CC(C(=O)N1CCCCC1)S(=O)(=O)c1cc(Cl)ccc1N. The zero-order chi connectivity index (χ0) is 15.6. The van der Waals surface area contributed by atoms with Crippen LogP contribution in [0.2, 0.25) is 5.02 Å². The third kappa shape index (κ3) is 3.32. The molecule has 1 amide bonds. The Morgan fingerprint density at radius 2 is 1.90 bits per heavy atom. The fraction of sp³-hybridized carbons (Fsp3) is 0.500. The Balaban J connectivity index is 2.29. The van der Waals surface area contributed by atoms with Crippen LogP contribution in [0.25, 0.3) is 0 Å². The van der Waals surface area contributed by atoms with Gasteiger partial charge in [-0.2, -0.15) is 0 Å². The number of rotatable bonds is 3. The van der Waals surface area contributed by atoms with Crippen LogP contribution < -0.4 is 5.73 Å². The molecule has 1 atom stereocenters. The first kappa shape index (κ1) is 16.1. The second-order valence-electron chi connectivity index (χ2n) is 5.26. The molecule has 7 heteroatoms. The second kappa shape index (κ2) is 6.23. The van der Waals surface area contributed by atoms with Gasteiger partial charge in [-0.15, -0.1) is 0 Å². The monoisotopic (exact) mass is 330 g/mol. The molecule has 2 rings (SSSR count). The lowest BCUT2D eigenvalue weighted by Gasteiger charge is -2.29. The van der Waals surface area contributed by atoms with E-state index in [2.05, 4.69) is 0 Å². The predicted octanol–water partition coefficient (Wildman–Crippen LogP) is 2.10. The smallest absolute Gasteiger partial charge is 0.241 e. The van der Waals surface area contributed by atoms with E-state index in [0.717, 1.165) is 19.3 Å². The van der Waals surface area contributed by atoms with E-state index in [1.807, 2.05) is 0 Å². The average molecular weight is 331 g/mol. The molecule has 5 nitrogen and oxygen atoms in total. The van der Waals surface area contributed by atoms with Gasteiger partial charge in [0, 0.05) is 18.1 Å². The molecule has 1 unspecified atom stereocenters. The van der Waals surface area contributed by atoms with Crippen LogP contribution in [-0.2, 0) is 14.6 Å². The summed E-state index contributed by atoms with van der Waals surface area (Å²) in [5.41, 5.74) is 5.84. The van der Waals surface area contributed by atoms with Gasteiger partial charge in [-0.3, -0.25) is 4.79 Å². The minimum absolute atomic E-state index is 0.0761. The lowest BCUT2D eigenvalue weighted by molar-refractivity contribution is -0.131. The molecule has 2 N–H and O–H groups in total. The van der Waals surface area contributed by atoms with Crippen LogP contribution in [-0.4, -0.2) is 37.6 Å². The number of nitrogens with two attached hydrogens (primary N) is 1. The van der Waals surface area contributed by atoms with Gasteiger partial charge >= 0.3 is 0 Å². The zero-order valence-electron chi connectivity index (χ0n) is 11.9. The maximum Gasteiger partial charge on any atom is 0.241 e. The molecule has 1 aliphatic rings. The molecule has 1 heterocycles. The van der Waals surface area contributed by atoms with Gasteiger partial charge in [0.15, 0.2) is 9.84 Å². The number of amides is 1. The van der Waals surface area contributed by atoms with Crippen LogP contribution in [0.15, 0.2) is 23.1 Å². The number of anilines is 1. The molecule has 0 spiro atoms. The summed E-state index contributed by atoms with van der Waals surface area (Å²) in [4.78, 5) is 13.9. The number of nitrogens with zero attached hydrogens (tertiary/aromatic N) is 1. The van der Waals surface area contributed by atoms with E-state index in [0.29, 0.717) is 13.1 Å². The van der Waals surface area contributed by atoms with Crippen LogP contribution in [0, 0.1) is 0 Å². The van der Waals surface area contributed by atoms with Gasteiger partial charge in [0.1, 0.15) is 5.25 Å². The van der Waals surface area contributed by atoms with Crippen molar-refractivity contribution in [3.05, 3.63) is 23.2 Å². The maximum absolute atomic E-state index is 12.6. The molecule has 0 aromatic heterocycles. The highest BCUT2D eigenvalue weighted by Gasteiger charge is 2.34. The number of benzene rings is 1. The van der Waals surface area contributed by atoms with Crippen molar-refractivity contribution >= 4 is 33.0 Å². The Morgan fingerprint density at radius 3 is 2.52 bits per heavy atom.